The Hall–Kier alpha value is -3.37. The van der Waals surface area contributed by atoms with Crippen LogP contribution in [-0.2, 0) is 15.0 Å². The average Bonchev–Trinajstić information content (AvgIpc) is 3.42. The quantitative estimate of drug-likeness (QED) is 0.247. The number of hydrogen-bond donors (Lipinski definition) is 4. The Bertz CT molecular complexity index is 1560. The van der Waals surface area contributed by atoms with Crippen molar-refractivity contribution >= 4 is 46.4 Å². The summed E-state index contributed by atoms with van der Waals surface area (Å²) >= 11 is 12.6. The molecule has 4 atom stereocenters. The number of benzene rings is 3. The van der Waals surface area contributed by atoms with Crippen LogP contribution >= 0.6 is 23.2 Å². The van der Waals surface area contributed by atoms with E-state index in [1.807, 2.05) is 20.8 Å². The molecule has 1 saturated heterocycles. The van der Waals surface area contributed by atoms with Crippen LogP contribution in [0.5, 0.6) is 11.5 Å². The number of halogens is 3. The minimum atomic E-state index is -1.36. The number of aliphatic hydroxyl groups excluding tert-OH is 1. The normalized spacial score (nSPS) is 22.8. The van der Waals surface area contributed by atoms with Crippen LogP contribution in [-0.4, -0.2) is 49.3 Å². The Labute approximate surface area is 259 Å². The van der Waals surface area contributed by atoms with Crippen molar-refractivity contribution in [1.29, 1.82) is 0 Å². The third kappa shape index (κ3) is 5.67. The number of carbonyl (C=O) groups is 2. The van der Waals surface area contributed by atoms with Crippen LogP contribution in [0.1, 0.15) is 44.2 Å². The van der Waals surface area contributed by atoms with Crippen LogP contribution in [0.25, 0.3) is 0 Å². The molecule has 3 aromatic rings. The zero-order chi connectivity index (χ0) is 31.1. The van der Waals surface area contributed by atoms with E-state index in [2.05, 4.69) is 16.0 Å². The Morgan fingerprint density at radius 3 is 2.58 bits per heavy atom. The predicted molar refractivity (Wildman–Crippen MR) is 165 cm³/mol. The summed E-state index contributed by atoms with van der Waals surface area (Å²) in [5.41, 5.74) is 0.0907. The SMILES string of the molecule is COc1cc(NC(=O)[C@@H]2N[C@@H](CC(C)(C)C)[C@@]3(C(=O)Nc4cc(Cl)ccc43)C2c2cccc(Cl)c2F)ccc1OCCO. The minimum Gasteiger partial charge on any atom is -0.493 e. The molecule has 0 bridgehead atoms. The van der Waals surface area contributed by atoms with Crippen molar-refractivity contribution in [2.24, 2.45) is 5.41 Å². The predicted octanol–water partition coefficient (Wildman–Crippen LogP) is 5.90. The molecule has 0 saturated carbocycles. The van der Waals surface area contributed by atoms with Crippen molar-refractivity contribution in [2.75, 3.05) is 31.0 Å². The van der Waals surface area contributed by atoms with Gasteiger partial charge in [0, 0.05) is 34.4 Å². The van der Waals surface area contributed by atoms with E-state index in [1.54, 1.807) is 48.5 Å². The van der Waals surface area contributed by atoms with Gasteiger partial charge < -0.3 is 30.5 Å². The highest BCUT2D eigenvalue weighted by molar-refractivity contribution is 6.31. The van der Waals surface area contributed by atoms with Crippen molar-refractivity contribution in [2.45, 2.75) is 50.6 Å². The van der Waals surface area contributed by atoms with Gasteiger partial charge in [0.05, 0.1) is 24.8 Å². The molecule has 228 valence electrons. The van der Waals surface area contributed by atoms with Crippen LogP contribution in [0.3, 0.4) is 0 Å². The lowest BCUT2D eigenvalue weighted by atomic mass is 9.62. The van der Waals surface area contributed by atoms with E-state index in [0.29, 0.717) is 39.9 Å². The van der Waals surface area contributed by atoms with Crippen LogP contribution in [0, 0.1) is 11.2 Å². The first-order valence-electron chi connectivity index (χ1n) is 13.9. The Kier molecular flexibility index (Phi) is 8.64. The number of amides is 2. The number of aliphatic hydroxyl groups is 1. The molecule has 0 aromatic heterocycles. The number of ether oxygens (including phenoxy) is 2. The van der Waals surface area contributed by atoms with Gasteiger partial charge in [-0.3, -0.25) is 9.59 Å². The summed E-state index contributed by atoms with van der Waals surface area (Å²) in [5, 5.41) is 18.8. The number of rotatable bonds is 8. The van der Waals surface area contributed by atoms with Crippen molar-refractivity contribution in [3.63, 3.8) is 0 Å². The molecule has 1 fully saturated rings. The van der Waals surface area contributed by atoms with Crippen molar-refractivity contribution < 1.29 is 28.6 Å². The van der Waals surface area contributed by atoms with Crippen molar-refractivity contribution in [3.8, 4) is 11.5 Å². The van der Waals surface area contributed by atoms with E-state index in [9.17, 15) is 9.59 Å². The monoisotopic (exact) mass is 629 g/mol. The number of hydrogen-bond acceptors (Lipinski definition) is 6. The molecule has 5 rings (SSSR count). The third-order valence-electron chi connectivity index (χ3n) is 8.00. The molecule has 0 aliphatic carbocycles. The first-order chi connectivity index (χ1) is 20.4. The third-order valence-corrected chi connectivity index (χ3v) is 8.53. The molecule has 4 N–H and O–H groups in total. The van der Waals surface area contributed by atoms with Gasteiger partial charge in [0.25, 0.3) is 0 Å². The van der Waals surface area contributed by atoms with Crippen LogP contribution in [0.15, 0.2) is 54.6 Å². The molecule has 1 unspecified atom stereocenters. The number of fused-ring (bicyclic) bond motifs is 2. The van der Waals surface area contributed by atoms with Crippen molar-refractivity contribution in [1.82, 2.24) is 5.32 Å². The van der Waals surface area contributed by atoms with Gasteiger partial charge in [-0.2, -0.15) is 0 Å². The maximum Gasteiger partial charge on any atom is 0.242 e. The fourth-order valence-electron chi connectivity index (χ4n) is 6.39. The minimum absolute atomic E-state index is 0.0763. The molecule has 8 nitrogen and oxygen atoms in total. The van der Waals surface area contributed by atoms with Crippen molar-refractivity contribution in [3.05, 3.63) is 81.6 Å². The highest BCUT2D eigenvalue weighted by atomic mass is 35.5. The summed E-state index contributed by atoms with van der Waals surface area (Å²) in [6.07, 6.45) is 0.496. The lowest BCUT2D eigenvalue weighted by molar-refractivity contribution is -0.122. The lowest BCUT2D eigenvalue weighted by Gasteiger charge is -2.37. The molecule has 43 heavy (non-hydrogen) atoms. The largest absolute Gasteiger partial charge is 0.493 e. The average molecular weight is 631 g/mol. The molecule has 2 amide bonds. The van der Waals surface area contributed by atoms with Crippen LogP contribution in [0.2, 0.25) is 10.0 Å². The van der Waals surface area contributed by atoms with E-state index in [1.165, 1.54) is 13.2 Å². The van der Waals surface area contributed by atoms with Gasteiger partial charge in [0.1, 0.15) is 17.8 Å². The van der Waals surface area contributed by atoms with Gasteiger partial charge in [0.2, 0.25) is 11.8 Å². The maximum absolute atomic E-state index is 15.9. The summed E-state index contributed by atoms with van der Waals surface area (Å²) in [6.45, 7) is 6.05. The molecule has 2 aliphatic rings. The summed E-state index contributed by atoms with van der Waals surface area (Å²) in [7, 11) is 1.46. The van der Waals surface area contributed by atoms with E-state index < -0.39 is 35.1 Å². The van der Waals surface area contributed by atoms with E-state index in [0.717, 1.165) is 0 Å². The van der Waals surface area contributed by atoms with Crippen LogP contribution in [0.4, 0.5) is 15.8 Å². The fourth-order valence-corrected chi connectivity index (χ4v) is 6.75. The highest BCUT2D eigenvalue weighted by Gasteiger charge is 2.66. The van der Waals surface area contributed by atoms with Gasteiger partial charge in [-0.05, 0) is 53.3 Å². The summed E-state index contributed by atoms with van der Waals surface area (Å²) in [6, 6.07) is 13.0. The molecule has 3 aromatic carbocycles. The topological polar surface area (TPSA) is 109 Å². The molecular formula is C32H34Cl2FN3O5. The zero-order valence-electron chi connectivity index (χ0n) is 24.3. The van der Waals surface area contributed by atoms with Gasteiger partial charge in [0.15, 0.2) is 11.5 Å². The Balaban J connectivity index is 1.65. The number of anilines is 2. The smallest absolute Gasteiger partial charge is 0.242 e. The maximum atomic E-state index is 15.9. The standard InChI is InChI=1S/C32H34Cl2FN3O5/c1-31(2,3)16-25-32(20-10-8-17(33)14-22(20)37-30(32)41)26(19-6-5-7-21(34)27(19)35)28(38-25)29(40)36-18-9-11-23(43-13-12-39)24(15-18)42-4/h5-11,14-15,25-26,28,38-39H,12-13,16H2,1-4H3,(H,36,40)(H,37,41)/t25-,26?,28+,32+/m0/s1. The van der Waals surface area contributed by atoms with Gasteiger partial charge in [-0.25, -0.2) is 4.39 Å². The second-order valence-electron chi connectivity index (χ2n) is 12.0. The summed E-state index contributed by atoms with van der Waals surface area (Å²) in [5.74, 6) is -1.73. The Morgan fingerprint density at radius 1 is 1.12 bits per heavy atom. The molecule has 2 aliphatic heterocycles. The summed E-state index contributed by atoms with van der Waals surface area (Å²) in [4.78, 5) is 28.4. The van der Waals surface area contributed by atoms with Gasteiger partial charge in [-0.15, -0.1) is 0 Å². The number of carbonyl (C=O) groups excluding carboxylic acids is 2. The molecule has 1 spiro atoms. The highest BCUT2D eigenvalue weighted by Crippen LogP contribution is 2.57. The first kappa shape index (κ1) is 31.1. The fraction of sp³-hybridized carbons (Fsp3) is 0.375. The molecule has 11 heteroatoms. The number of methoxy groups -OCH3 is 1. The lowest BCUT2D eigenvalue weighted by Crippen LogP contribution is -2.49. The van der Waals surface area contributed by atoms with Gasteiger partial charge >= 0.3 is 0 Å². The molecule has 2 heterocycles. The second kappa shape index (κ2) is 12.0. The molecular weight excluding hydrogens is 596 g/mol. The van der Waals surface area contributed by atoms with Gasteiger partial charge in [-0.1, -0.05) is 62.2 Å². The summed E-state index contributed by atoms with van der Waals surface area (Å²) < 4.78 is 26.9. The Morgan fingerprint density at radius 2 is 1.88 bits per heavy atom. The second-order valence-corrected chi connectivity index (χ2v) is 12.9. The zero-order valence-corrected chi connectivity index (χ0v) is 25.8. The van der Waals surface area contributed by atoms with E-state index >= 15 is 4.39 Å². The van der Waals surface area contributed by atoms with E-state index in [-0.39, 0.29) is 35.1 Å². The first-order valence-corrected chi connectivity index (χ1v) is 14.7. The van der Waals surface area contributed by atoms with E-state index in [4.69, 9.17) is 37.8 Å². The van der Waals surface area contributed by atoms with Crippen LogP contribution < -0.4 is 25.4 Å². The number of nitrogens with one attached hydrogen (secondary N) is 3. The molecule has 0 radical (unpaired) electrons.